The Balaban J connectivity index is 2.23. The lowest BCUT2D eigenvalue weighted by Gasteiger charge is -2.08. The predicted molar refractivity (Wildman–Crippen MR) is 93.5 cm³/mol. The number of carbonyl (C=O) groups is 1. The SMILES string of the molecule is CC(=O)C=C(O)c1c(Cc2ccccc2)n(C)c2ccccc12. The van der Waals surface area contributed by atoms with Crippen LogP contribution in [0, 0.1) is 0 Å². The van der Waals surface area contributed by atoms with Gasteiger partial charge in [0.15, 0.2) is 5.78 Å². The molecule has 2 aromatic carbocycles. The van der Waals surface area contributed by atoms with Crippen molar-refractivity contribution in [2.45, 2.75) is 13.3 Å². The van der Waals surface area contributed by atoms with Crippen LogP contribution in [0.4, 0.5) is 0 Å². The molecule has 3 heteroatoms. The molecule has 0 bridgehead atoms. The number of aryl methyl sites for hydroxylation is 1. The molecule has 0 aliphatic rings. The largest absolute Gasteiger partial charge is 0.507 e. The zero-order valence-corrected chi connectivity index (χ0v) is 13.3. The number of nitrogens with zero attached hydrogens (tertiary/aromatic N) is 1. The molecule has 0 unspecified atom stereocenters. The Kier molecular flexibility index (Phi) is 4.02. The molecule has 1 N–H and O–H groups in total. The summed E-state index contributed by atoms with van der Waals surface area (Å²) in [5.41, 5.74) is 3.93. The second-order valence-electron chi connectivity index (χ2n) is 5.70. The van der Waals surface area contributed by atoms with Crippen molar-refractivity contribution in [2.75, 3.05) is 0 Å². The molecule has 0 saturated carbocycles. The van der Waals surface area contributed by atoms with Crippen molar-refractivity contribution < 1.29 is 9.90 Å². The number of benzene rings is 2. The van der Waals surface area contributed by atoms with Gasteiger partial charge in [0.05, 0.1) is 0 Å². The summed E-state index contributed by atoms with van der Waals surface area (Å²) in [5.74, 6) is -0.138. The lowest BCUT2D eigenvalue weighted by molar-refractivity contribution is -0.112. The Bertz CT molecular complexity index is 889. The number of ketones is 1. The van der Waals surface area contributed by atoms with Gasteiger partial charge in [-0.2, -0.15) is 0 Å². The number of aliphatic hydroxyl groups excluding tert-OH is 1. The van der Waals surface area contributed by atoms with Crippen molar-refractivity contribution in [2.24, 2.45) is 7.05 Å². The van der Waals surface area contributed by atoms with Crippen LogP contribution >= 0.6 is 0 Å². The van der Waals surface area contributed by atoms with Gasteiger partial charge in [-0.05, 0) is 18.6 Å². The summed E-state index contributed by atoms with van der Waals surface area (Å²) >= 11 is 0. The van der Waals surface area contributed by atoms with E-state index in [9.17, 15) is 9.90 Å². The molecule has 116 valence electrons. The van der Waals surface area contributed by atoms with Crippen molar-refractivity contribution in [1.82, 2.24) is 4.57 Å². The maximum atomic E-state index is 11.4. The van der Waals surface area contributed by atoms with E-state index in [0.717, 1.165) is 27.7 Å². The van der Waals surface area contributed by atoms with Crippen LogP contribution in [0.5, 0.6) is 0 Å². The van der Waals surface area contributed by atoms with Crippen LogP contribution in [0.2, 0.25) is 0 Å². The Labute approximate surface area is 135 Å². The number of hydrogen-bond donors (Lipinski definition) is 1. The summed E-state index contributed by atoms with van der Waals surface area (Å²) in [7, 11) is 1.99. The maximum absolute atomic E-state index is 11.4. The number of para-hydroxylation sites is 1. The molecule has 0 atom stereocenters. The molecule has 0 aliphatic carbocycles. The molecule has 1 aromatic heterocycles. The van der Waals surface area contributed by atoms with Crippen LogP contribution in [-0.4, -0.2) is 15.5 Å². The molecule has 0 fully saturated rings. The molecule has 0 amide bonds. The predicted octanol–water partition coefficient (Wildman–Crippen LogP) is 4.26. The summed E-state index contributed by atoms with van der Waals surface area (Å²) in [6.45, 7) is 1.44. The average molecular weight is 305 g/mol. The molecule has 0 aliphatic heterocycles. The van der Waals surface area contributed by atoms with Crippen LogP contribution < -0.4 is 0 Å². The number of fused-ring (bicyclic) bond motifs is 1. The molecule has 23 heavy (non-hydrogen) atoms. The molecule has 3 rings (SSSR count). The molecule has 3 aromatic rings. The van der Waals surface area contributed by atoms with Crippen molar-refractivity contribution >= 4 is 22.4 Å². The molecule has 0 spiro atoms. The van der Waals surface area contributed by atoms with Gasteiger partial charge in [0.25, 0.3) is 0 Å². The molecule has 1 heterocycles. The van der Waals surface area contributed by atoms with E-state index in [2.05, 4.69) is 16.7 Å². The van der Waals surface area contributed by atoms with Crippen molar-refractivity contribution in [3.8, 4) is 0 Å². The van der Waals surface area contributed by atoms with Gasteiger partial charge in [-0.15, -0.1) is 0 Å². The fourth-order valence-electron chi connectivity index (χ4n) is 2.99. The summed E-state index contributed by atoms with van der Waals surface area (Å²) in [6.07, 6.45) is 1.98. The number of hydrogen-bond acceptors (Lipinski definition) is 2. The highest BCUT2D eigenvalue weighted by Crippen LogP contribution is 2.31. The summed E-state index contributed by atoms with van der Waals surface area (Å²) < 4.78 is 2.09. The van der Waals surface area contributed by atoms with Crippen LogP contribution in [0.25, 0.3) is 16.7 Å². The molecule has 3 nitrogen and oxygen atoms in total. The van der Waals surface area contributed by atoms with E-state index in [4.69, 9.17) is 0 Å². The van der Waals surface area contributed by atoms with Gasteiger partial charge in [-0.1, -0.05) is 48.5 Å². The van der Waals surface area contributed by atoms with Gasteiger partial charge in [-0.25, -0.2) is 0 Å². The highest BCUT2D eigenvalue weighted by molar-refractivity contribution is 5.99. The van der Waals surface area contributed by atoms with Crippen LogP contribution in [0.1, 0.15) is 23.7 Å². The zero-order chi connectivity index (χ0) is 16.4. The summed E-state index contributed by atoms with van der Waals surface area (Å²) in [4.78, 5) is 11.4. The Morgan fingerprint density at radius 2 is 1.74 bits per heavy atom. The van der Waals surface area contributed by atoms with Crippen molar-refractivity contribution in [1.29, 1.82) is 0 Å². The van der Waals surface area contributed by atoms with Gasteiger partial charge in [-0.3, -0.25) is 4.79 Å². The minimum atomic E-state index is -0.166. The van der Waals surface area contributed by atoms with Gasteiger partial charge in [0, 0.05) is 41.7 Å². The van der Waals surface area contributed by atoms with E-state index >= 15 is 0 Å². The van der Waals surface area contributed by atoms with Crippen LogP contribution in [0.15, 0.2) is 60.7 Å². The van der Waals surface area contributed by atoms with E-state index < -0.39 is 0 Å². The van der Waals surface area contributed by atoms with E-state index in [-0.39, 0.29) is 11.5 Å². The van der Waals surface area contributed by atoms with E-state index in [0.29, 0.717) is 6.42 Å². The molecule has 0 saturated heterocycles. The zero-order valence-electron chi connectivity index (χ0n) is 13.3. The monoisotopic (exact) mass is 305 g/mol. The Morgan fingerprint density at radius 3 is 2.43 bits per heavy atom. The van der Waals surface area contributed by atoms with Gasteiger partial charge in [0.2, 0.25) is 0 Å². The summed E-state index contributed by atoms with van der Waals surface area (Å²) in [5, 5.41) is 11.4. The van der Waals surface area contributed by atoms with Crippen LogP contribution in [0.3, 0.4) is 0 Å². The van der Waals surface area contributed by atoms with Gasteiger partial charge >= 0.3 is 0 Å². The number of aromatic nitrogens is 1. The van der Waals surface area contributed by atoms with Gasteiger partial charge < -0.3 is 9.67 Å². The third kappa shape index (κ3) is 2.90. The fourth-order valence-corrected chi connectivity index (χ4v) is 2.99. The van der Waals surface area contributed by atoms with E-state index in [1.807, 2.05) is 49.5 Å². The van der Waals surface area contributed by atoms with E-state index in [1.165, 1.54) is 13.0 Å². The molecular formula is C20H19NO2. The second-order valence-corrected chi connectivity index (χ2v) is 5.70. The van der Waals surface area contributed by atoms with Gasteiger partial charge in [0.1, 0.15) is 5.76 Å². The topological polar surface area (TPSA) is 42.2 Å². The first kappa shape index (κ1) is 15.1. The average Bonchev–Trinajstić information content (AvgIpc) is 2.81. The summed E-state index contributed by atoms with van der Waals surface area (Å²) in [6, 6.07) is 18.0. The molecule has 0 radical (unpaired) electrons. The lowest BCUT2D eigenvalue weighted by atomic mass is 10.0. The normalized spacial score (nSPS) is 11.8. The standard InChI is InChI=1S/C20H19NO2/c1-14(22)12-19(23)20-16-10-6-7-11-17(16)21(2)18(20)13-15-8-4-3-5-9-15/h3-12,23H,13H2,1-2H3. The highest BCUT2D eigenvalue weighted by atomic mass is 16.3. The number of aliphatic hydroxyl groups is 1. The first-order valence-electron chi connectivity index (χ1n) is 7.59. The van der Waals surface area contributed by atoms with E-state index in [1.54, 1.807) is 0 Å². The second kappa shape index (κ2) is 6.13. The third-order valence-electron chi connectivity index (χ3n) is 4.04. The highest BCUT2D eigenvalue weighted by Gasteiger charge is 2.18. The Hall–Kier alpha value is -2.81. The number of allylic oxidation sites excluding steroid dienone is 1. The minimum Gasteiger partial charge on any atom is -0.507 e. The quantitative estimate of drug-likeness (QED) is 0.578. The third-order valence-corrected chi connectivity index (χ3v) is 4.04. The van der Waals surface area contributed by atoms with Crippen LogP contribution in [-0.2, 0) is 18.3 Å². The fraction of sp³-hybridized carbons (Fsp3) is 0.150. The maximum Gasteiger partial charge on any atom is 0.156 e. The first-order chi connectivity index (χ1) is 11.1. The minimum absolute atomic E-state index is 0.0280. The molecular weight excluding hydrogens is 286 g/mol. The number of rotatable bonds is 4. The first-order valence-corrected chi connectivity index (χ1v) is 7.59. The lowest BCUT2D eigenvalue weighted by Crippen LogP contribution is -2.01. The Morgan fingerprint density at radius 1 is 1.09 bits per heavy atom. The van der Waals surface area contributed by atoms with Crippen molar-refractivity contribution in [3.05, 3.63) is 77.5 Å². The number of carbonyl (C=O) groups excluding carboxylic acids is 1. The smallest absolute Gasteiger partial charge is 0.156 e. The van der Waals surface area contributed by atoms with Crippen molar-refractivity contribution in [3.63, 3.8) is 0 Å².